The zero-order valence-corrected chi connectivity index (χ0v) is 11.0. The number of nitrogens with two attached hydrogens (primary N) is 1. The zero-order valence-electron chi connectivity index (χ0n) is 10.2. The molecule has 0 spiro atoms. The Hall–Kier alpha value is -1.43. The minimum absolute atomic E-state index is 0.0195. The summed E-state index contributed by atoms with van der Waals surface area (Å²) in [5.74, 6) is -0.548. The highest BCUT2D eigenvalue weighted by Crippen LogP contribution is 2.31. The van der Waals surface area contributed by atoms with Crippen LogP contribution in [-0.2, 0) is 0 Å². The lowest BCUT2D eigenvalue weighted by Crippen LogP contribution is -2.19. The maximum absolute atomic E-state index is 10.9. The standard InChI is InChI=1S/C12H17N3O2S/c1-18-8-3-2-7(6-8)14-11-9(13)4-5-10(15-11)12(16)17/h4-5,7-8H,2-3,6,13H2,1H3,(H,14,15)(H,16,17). The Morgan fingerprint density at radius 3 is 2.94 bits per heavy atom. The molecule has 1 aromatic rings. The van der Waals surface area contributed by atoms with Gasteiger partial charge < -0.3 is 16.2 Å². The lowest BCUT2D eigenvalue weighted by molar-refractivity contribution is 0.0690. The van der Waals surface area contributed by atoms with E-state index in [1.165, 1.54) is 12.5 Å². The highest BCUT2D eigenvalue weighted by atomic mass is 32.2. The van der Waals surface area contributed by atoms with Gasteiger partial charge >= 0.3 is 5.97 Å². The Labute approximate surface area is 110 Å². The molecular weight excluding hydrogens is 250 g/mol. The van der Waals surface area contributed by atoms with E-state index in [4.69, 9.17) is 10.8 Å². The van der Waals surface area contributed by atoms with Crippen LogP contribution in [-0.4, -0.2) is 33.6 Å². The molecular formula is C12H17N3O2S. The molecule has 0 radical (unpaired) electrons. The van der Waals surface area contributed by atoms with Crippen molar-refractivity contribution in [2.45, 2.75) is 30.6 Å². The first kappa shape index (κ1) is 13.0. The number of nitrogens with one attached hydrogen (secondary N) is 1. The number of rotatable bonds is 4. The number of aromatic nitrogens is 1. The Morgan fingerprint density at radius 1 is 1.56 bits per heavy atom. The number of hydrogen-bond donors (Lipinski definition) is 3. The van der Waals surface area contributed by atoms with Crippen LogP contribution in [0.5, 0.6) is 0 Å². The zero-order chi connectivity index (χ0) is 13.1. The molecule has 0 aliphatic heterocycles. The number of nitrogen functional groups attached to an aromatic ring is 1. The number of carbonyl (C=O) groups is 1. The van der Waals surface area contributed by atoms with E-state index < -0.39 is 5.97 Å². The van der Waals surface area contributed by atoms with Crippen molar-refractivity contribution in [2.75, 3.05) is 17.3 Å². The van der Waals surface area contributed by atoms with E-state index in [-0.39, 0.29) is 5.69 Å². The van der Waals surface area contributed by atoms with Crippen molar-refractivity contribution in [2.24, 2.45) is 0 Å². The predicted molar refractivity (Wildman–Crippen MR) is 74.2 cm³/mol. The second kappa shape index (κ2) is 5.48. The quantitative estimate of drug-likeness (QED) is 0.774. The van der Waals surface area contributed by atoms with Gasteiger partial charge in [0.05, 0.1) is 5.69 Å². The number of anilines is 2. The first-order valence-electron chi connectivity index (χ1n) is 5.89. The molecule has 2 unspecified atom stereocenters. The highest BCUT2D eigenvalue weighted by molar-refractivity contribution is 7.99. The molecule has 0 saturated heterocycles. The highest BCUT2D eigenvalue weighted by Gasteiger charge is 2.24. The van der Waals surface area contributed by atoms with Gasteiger partial charge in [0.25, 0.3) is 0 Å². The van der Waals surface area contributed by atoms with E-state index >= 15 is 0 Å². The Morgan fingerprint density at radius 2 is 2.33 bits per heavy atom. The van der Waals surface area contributed by atoms with Crippen LogP contribution in [0.25, 0.3) is 0 Å². The smallest absolute Gasteiger partial charge is 0.354 e. The van der Waals surface area contributed by atoms with Crippen LogP contribution in [0.1, 0.15) is 29.8 Å². The summed E-state index contributed by atoms with van der Waals surface area (Å²) < 4.78 is 0. The van der Waals surface area contributed by atoms with Gasteiger partial charge in [0.1, 0.15) is 5.82 Å². The molecule has 1 aromatic heterocycles. The Kier molecular flexibility index (Phi) is 3.96. The molecule has 98 valence electrons. The van der Waals surface area contributed by atoms with Gasteiger partial charge in [0.2, 0.25) is 0 Å². The maximum Gasteiger partial charge on any atom is 0.354 e. The predicted octanol–water partition coefficient (Wildman–Crippen LogP) is 2.06. The van der Waals surface area contributed by atoms with Gasteiger partial charge in [0.15, 0.2) is 5.69 Å². The van der Waals surface area contributed by atoms with E-state index in [0.29, 0.717) is 22.8 Å². The van der Waals surface area contributed by atoms with Crippen molar-refractivity contribution in [1.82, 2.24) is 4.98 Å². The molecule has 0 aromatic carbocycles. The summed E-state index contributed by atoms with van der Waals surface area (Å²) in [4.78, 5) is 14.9. The van der Waals surface area contributed by atoms with Crippen LogP contribution in [0.2, 0.25) is 0 Å². The minimum atomic E-state index is -1.04. The summed E-state index contributed by atoms with van der Waals surface area (Å²) in [5.41, 5.74) is 6.32. The first-order chi connectivity index (χ1) is 8.60. The fourth-order valence-electron chi connectivity index (χ4n) is 2.18. The van der Waals surface area contributed by atoms with Crippen LogP contribution in [0, 0.1) is 0 Å². The molecule has 2 rings (SSSR count). The largest absolute Gasteiger partial charge is 0.477 e. The van der Waals surface area contributed by atoms with E-state index in [0.717, 1.165) is 12.8 Å². The van der Waals surface area contributed by atoms with Gasteiger partial charge in [-0.15, -0.1) is 0 Å². The molecule has 1 fully saturated rings. The molecule has 1 aliphatic carbocycles. The van der Waals surface area contributed by atoms with Crippen LogP contribution in [0.4, 0.5) is 11.5 Å². The molecule has 1 aliphatic rings. The van der Waals surface area contributed by atoms with Crippen molar-refractivity contribution in [3.8, 4) is 0 Å². The third-order valence-corrected chi connectivity index (χ3v) is 4.30. The number of carboxylic acids is 1. The summed E-state index contributed by atoms with van der Waals surface area (Å²) >= 11 is 1.87. The van der Waals surface area contributed by atoms with Gasteiger partial charge in [-0.05, 0) is 37.7 Å². The van der Waals surface area contributed by atoms with Gasteiger partial charge in [-0.2, -0.15) is 11.8 Å². The number of pyridine rings is 1. The van der Waals surface area contributed by atoms with Crippen LogP contribution in [0.3, 0.4) is 0 Å². The molecule has 1 heterocycles. The topological polar surface area (TPSA) is 88.2 Å². The van der Waals surface area contributed by atoms with Gasteiger partial charge in [-0.1, -0.05) is 0 Å². The fraction of sp³-hybridized carbons (Fsp3) is 0.500. The average Bonchev–Trinajstić information content (AvgIpc) is 2.79. The van der Waals surface area contributed by atoms with Crippen molar-refractivity contribution >= 4 is 29.2 Å². The van der Waals surface area contributed by atoms with E-state index in [2.05, 4.69) is 16.6 Å². The number of thioether (sulfide) groups is 1. The lowest BCUT2D eigenvalue weighted by Gasteiger charge is -2.15. The number of carboxylic acid groups (broad SMARTS) is 1. The summed E-state index contributed by atoms with van der Waals surface area (Å²) in [5, 5.41) is 12.8. The van der Waals surface area contributed by atoms with E-state index in [9.17, 15) is 4.79 Å². The molecule has 4 N–H and O–H groups in total. The SMILES string of the molecule is CSC1CCC(Nc2nc(C(=O)O)ccc2N)C1. The van der Waals surface area contributed by atoms with Crippen molar-refractivity contribution < 1.29 is 9.90 Å². The summed E-state index contributed by atoms with van der Waals surface area (Å²) in [6.45, 7) is 0. The molecule has 5 nitrogen and oxygen atoms in total. The second-order valence-corrected chi connectivity index (χ2v) is 5.59. The number of nitrogens with zero attached hydrogens (tertiary/aromatic N) is 1. The number of hydrogen-bond acceptors (Lipinski definition) is 5. The molecule has 1 saturated carbocycles. The van der Waals surface area contributed by atoms with E-state index in [1.807, 2.05) is 11.8 Å². The monoisotopic (exact) mass is 267 g/mol. The lowest BCUT2D eigenvalue weighted by atomic mass is 10.2. The van der Waals surface area contributed by atoms with Crippen molar-refractivity contribution in [1.29, 1.82) is 0 Å². The third-order valence-electron chi connectivity index (χ3n) is 3.20. The second-order valence-electron chi connectivity index (χ2n) is 4.45. The summed E-state index contributed by atoms with van der Waals surface area (Å²) in [7, 11) is 0. The molecule has 2 atom stereocenters. The van der Waals surface area contributed by atoms with Crippen molar-refractivity contribution in [3.05, 3.63) is 17.8 Å². The van der Waals surface area contributed by atoms with Crippen LogP contribution in [0.15, 0.2) is 12.1 Å². The van der Waals surface area contributed by atoms with Crippen molar-refractivity contribution in [3.63, 3.8) is 0 Å². The van der Waals surface area contributed by atoms with Crippen LogP contribution < -0.4 is 11.1 Å². The summed E-state index contributed by atoms with van der Waals surface area (Å²) in [6.07, 6.45) is 5.44. The van der Waals surface area contributed by atoms with Gasteiger partial charge in [-0.25, -0.2) is 9.78 Å². The molecule has 0 bridgehead atoms. The Bertz CT molecular complexity index is 453. The average molecular weight is 267 g/mol. The number of aromatic carboxylic acids is 1. The maximum atomic E-state index is 10.9. The molecule has 18 heavy (non-hydrogen) atoms. The fourth-order valence-corrected chi connectivity index (χ4v) is 2.98. The minimum Gasteiger partial charge on any atom is -0.477 e. The van der Waals surface area contributed by atoms with Gasteiger partial charge in [-0.3, -0.25) is 0 Å². The first-order valence-corrected chi connectivity index (χ1v) is 7.18. The normalized spacial score (nSPS) is 22.9. The molecule has 0 amide bonds. The third kappa shape index (κ3) is 2.87. The van der Waals surface area contributed by atoms with Crippen LogP contribution >= 0.6 is 11.8 Å². The summed E-state index contributed by atoms with van der Waals surface area (Å²) in [6, 6.07) is 3.34. The Balaban J connectivity index is 2.09. The van der Waals surface area contributed by atoms with Gasteiger partial charge in [0, 0.05) is 11.3 Å². The molecule has 6 heteroatoms. The van der Waals surface area contributed by atoms with E-state index in [1.54, 1.807) is 6.07 Å².